The average molecular weight is 256 g/mol. The highest BCUT2D eigenvalue weighted by Gasteiger charge is 2.10. The monoisotopic (exact) mass is 256 g/mol. The largest absolute Gasteiger partial charge is 0.309 e. The van der Waals surface area contributed by atoms with Crippen molar-refractivity contribution >= 4 is 9.84 Å². The van der Waals surface area contributed by atoms with E-state index in [0.717, 1.165) is 5.56 Å². The van der Waals surface area contributed by atoms with E-state index in [2.05, 4.69) is 10.3 Å². The molecule has 0 aliphatic carbocycles. The van der Waals surface area contributed by atoms with E-state index in [0.29, 0.717) is 13.0 Å². The van der Waals surface area contributed by atoms with Gasteiger partial charge in [-0.25, -0.2) is 8.42 Å². The molecule has 0 radical (unpaired) electrons. The molecule has 0 bridgehead atoms. The minimum Gasteiger partial charge on any atom is -0.309 e. The number of aromatic nitrogens is 1. The normalized spacial score (nSPS) is 13.5. The van der Waals surface area contributed by atoms with Crippen molar-refractivity contribution in [3.63, 3.8) is 0 Å². The maximum absolute atomic E-state index is 11.5. The van der Waals surface area contributed by atoms with Gasteiger partial charge in [-0.1, -0.05) is 6.92 Å². The molecule has 4 nitrogen and oxygen atoms in total. The summed E-state index contributed by atoms with van der Waals surface area (Å²) < 4.78 is 23.0. The Morgan fingerprint density at radius 1 is 1.29 bits per heavy atom. The van der Waals surface area contributed by atoms with Crippen LogP contribution >= 0.6 is 0 Å². The summed E-state index contributed by atoms with van der Waals surface area (Å²) in [5.74, 6) is 0.481. The fraction of sp³-hybridized carbons (Fsp3) is 0.583. The van der Waals surface area contributed by atoms with Gasteiger partial charge in [0, 0.05) is 30.7 Å². The van der Waals surface area contributed by atoms with Gasteiger partial charge in [0.05, 0.1) is 5.75 Å². The van der Waals surface area contributed by atoms with Gasteiger partial charge in [-0.3, -0.25) is 4.98 Å². The highest BCUT2D eigenvalue weighted by Crippen LogP contribution is 2.09. The molecule has 0 unspecified atom stereocenters. The lowest BCUT2D eigenvalue weighted by Crippen LogP contribution is -2.26. The van der Waals surface area contributed by atoms with Gasteiger partial charge in [0.25, 0.3) is 0 Å². The molecule has 1 aromatic rings. The molecule has 0 aromatic carbocycles. The molecule has 0 aliphatic rings. The van der Waals surface area contributed by atoms with Crippen molar-refractivity contribution in [1.82, 2.24) is 10.3 Å². The van der Waals surface area contributed by atoms with Crippen molar-refractivity contribution in [3.8, 4) is 0 Å². The van der Waals surface area contributed by atoms with Crippen molar-refractivity contribution < 1.29 is 8.42 Å². The van der Waals surface area contributed by atoms with Gasteiger partial charge in [0.1, 0.15) is 0 Å². The molecule has 0 aliphatic heterocycles. The van der Waals surface area contributed by atoms with Crippen LogP contribution in [-0.2, 0) is 9.84 Å². The van der Waals surface area contributed by atoms with Crippen molar-refractivity contribution in [2.45, 2.75) is 26.3 Å². The first-order valence-electron chi connectivity index (χ1n) is 5.89. The molecular formula is C12H20N2O2S. The number of pyridine rings is 1. The van der Waals surface area contributed by atoms with Crippen LogP contribution in [0.3, 0.4) is 0 Å². The molecule has 1 rings (SSSR count). The highest BCUT2D eigenvalue weighted by molar-refractivity contribution is 7.91. The minimum atomic E-state index is -2.88. The summed E-state index contributed by atoms with van der Waals surface area (Å²) in [6, 6.07) is 4.01. The summed E-state index contributed by atoms with van der Waals surface area (Å²) in [5.41, 5.74) is 1.12. The van der Waals surface area contributed by atoms with Gasteiger partial charge in [0.15, 0.2) is 9.84 Å². The maximum Gasteiger partial charge on any atom is 0.151 e. The molecule has 0 fully saturated rings. The second kappa shape index (κ2) is 6.71. The Morgan fingerprint density at radius 2 is 1.94 bits per heavy atom. The minimum absolute atomic E-state index is 0.148. The SMILES string of the molecule is CCCS(=O)(=O)CCN[C@@H](C)c1ccncc1. The Kier molecular flexibility index (Phi) is 5.58. The molecule has 1 aromatic heterocycles. The molecule has 5 heteroatoms. The standard InChI is InChI=1S/C12H20N2O2S/c1-3-9-17(15,16)10-8-14-11(2)12-4-6-13-7-5-12/h4-7,11,14H,3,8-10H2,1-2H3/t11-/m0/s1. The molecule has 0 saturated heterocycles. The van der Waals surface area contributed by atoms with Crippen LogP contribution in [0.2, 0.25) is 0 Å². The van der Waals surface area contributed by atoms with E-state index < -0.39 is 9.84 Å². The number of hydrogen-bond acceptors (Lipinski definition) is 4. The number of nitrogens with one attached hydrogen (secondary N) is 1. The number of nitrogens with zero attached hydrogens (tertiary/aromatic N) is 1. The van der Waals surface area contributed by atoms with Crippen LogP contribution in [0.4, 0.5) is 0 Å². The first-order chi connectivity index (χ1) is 8.05. The Labute approximate surface area is 103 Å². The second-order valence-corrected chi connectivity index (χ2v) is 6.41. The fourth-order valence-electron chi connectivity index (χ4n) is 1.61. The molecular weight excluding hydrogens is 236 g/mol. The zero-order chi connectivity index (χ0) is 12.7. The fourth-order valence-corrected chi connectivity index (χ4v) is 2.87. The van der Waals surface area contributed by atoms with E-state index in [9.17, 15) is 8.42 Å². The molecule has 17 heavy (non-hydrogen) atoms. The van der Waals surface area contributed by atoms with E-state index >= 15 is 0 Å². The maximum atomic E-state index is 11.5. The topological polar surface area (TPSA) is 59.1 Å². The molecule has 96 valence electrons. The Bertz CT molecular complexity index is 417. The van der Waals surface area contributed by atoms with E-state index in [1.54, 1.807) is 12.4 Å². The van der Waals surface area contributed by atoms with E-state index in [-0.39, 0.29) is 17.5 Å². The van der Waals surface area contributed by atoms with Crippen LogP contribution in [0.5, 0.6) is 0 Å². The van der Waals surface area contributed by atoms with Crippen LogP contribution in [-0.4, -0.2) is 31.5 Å². The number of rotatable bonds is 7. The third-order valence-corrected chi connectivity index (χ3v) is 4.44. The van der Waals surface area contributed by atoms with Crippen molar-refractivity contribution in [1.29, 1.82) is 0 Å². The van der Waals surface area contributed by atoms with Crippen LogP contribution in [0.1, 0.15) is 31.9 Å². The summed E-state index contributed by atoms with van der Waals surface area (Å²) in [4.78, 5) is 3.95. The van der Waals surface area contributed by atoms with Crippen LogP contribution in [0, 0.1) is 0 Å². The molecule has 0 saturated carbocycles. The van der Waals surface area contributed by atoms with Gasteiger partial charge in [-0.2, -0.15) is 0 Å². The van der Waals surface area contributed by atoms with Crippen molar-refractivity contribution in [2.24, 2.45) is 0 Å². The highest BCUT2D eigenvalue weighted by atomic mass is 32.2. The zero-order valence-electron chi connectivity index (χ0n) is 10.4. The predicted molar refractivity (Wildman–Crippen MR) is 69.6 cm³/mol. The van der Waals surface area contributed by atoms with E-state index in [1.807, 2.05) is 26.0 Å². The van der Waals surface area contributed by atoms with Gasteiger partial charge in [-0.15, -0.1) is 0 Å². The lowest BCUT2D eigenvalue weighted by atomic mass is 10.1. The average Bonchev–Trinajstić information content (AvgIpc) is 2.29. The van der Waals surface area contributed by atoms with Crippen LogP contribution in [0.15, 0.2) is 24.5 Å². The number of sulfone groups is 1. The predicted octanol–water partition coefficient (Wildman–Crippen LogP) is 1.56. The Morgan fingerprint density at radius 3 is 2.53 bits per heavy atom. The first kappa shape index (κ1) is 14.1. The van der Waals surface area contributed by atoms with Gasteiger partial charge in [-0.05, 0) is 31.0 Å². The Hall–Kier alpha value is -0.940. The first-order valence-corrected chi connectivity index (χ1v) is 7.71. The summed E-state index contributed by atoms with van der Waals surface area (Å²) in [6.45, 7) is 4.39. The lowest BCUT2D eigenvalue weighted by Gasteiger charge is -2.13. The smallest absolute Gasteiger partial charge is 0.151 e. The van der Waals surface area contributed by atoms with E-state index in [4.69, 9.17) is 0 Å². The summed E-state index contributed by atoms with van der Waals surface area (Å²) >= 11 is 0. The lowest BCUT2D eigenvalue weighted by molar-refractivity contribution is 0.571. The molecule has 1 N–H and O–H groups in total. The van der Waals surface area contributed by atoms with E-state index in [1.165, 1.54) is 0 Å². The second-order valence-electron chi connectivity index (χ2n) is 4.11. The van der Waals surface area contributed by atoms with Gasteiger partial charge >= 0.3 is 0 Å². The quantitative estimate of drug-likeness (QED) is 0.804. The third-order valence-electron chi connectivity index (χ3n) is 2.58. The zero-order valence-corrected chi connectivity index (χ0v) is 11.2. The molecule has 1 heterocycles. The van der Waals surface area contributed by atoms with Crippen molar-refractivity contribution in [3.05, 3.63) is 30.1 Å². The van der Waals surface area contributed by atoms with Gasteiger partial charge < -0.3 is 5.32 Å². The number of hydrogen-bond donors (Lipinski definition) is 1. The summed E-state index contributed by atoms with van der Waals surface area (Å²) in [6.07, 6.45) is 4.16. The molecule has 1 atom stereocenters. The van der Waals surface area contributed by atoms with Crippen LogP contribution < -0.4 is 5.32 Å². The summed E-state index contributed by atoms with van der Waals surface area (Å²) in [7, 11) is -2.88. The molecule has 0 amide bonds. The molecule has 0 spiro atoms. The third kappa shape index (κ3) is 5.28. The van der Waals surface area contributed by atoms with Crippen LogP contribution in [0.25, 0.3) is 0 Å². The Balaban J connectivity index is 2.37. The summed E-state index contributed by atoms with van der Waals surface area (Å²) in [5, 5.41) is 3.21. The van der Waals surface area contributed by atoms with Gasteiger partial charge in [0.2, 0.25) is 0 Å². The van der Waals surface area contributed by atoms with Crippen molar-refractivity contribution in [2.75, 3.05) is 18.1 Å².